The first kappa shape index (κ1) is 11.6. The molecule has 0 aliphatic carbocycles. The fourth-order valence-corrected chi connectivity index (χ4v) is 3.05. The maximum Gasteiger partial charge on any atom is 0.307 e. The number of para-hydroxylation sites is 3. The van der Waals surface area contributed by atoms with Crippen LogP contribution in [0.2, 0.25) is 0 Å². The molecule has 3 nitrogen and oxygen atoms in total. The van der Waals surface area contributed by atoms with Gasteiger partial charge >= 0.3 is 5.84 Å². The average molecular weight is 284 g/mol. The number of nitrogens with zero attached hydrogens (tertiary/aromatic N) is 2. The molecule has 0 amide bonds. The first-order valence-corrected chi connectivity index (χ1v) is 7.26. The molecule has 0 fully saturated rings. The van der Waals surface area contributed by atoms with Crippen LogP contribution in [0.1, 0.15) is 0 Å². The predicted molar refractivity (Wildman–Crippen MR) is 87.9 cm³/mol. The van der Waals surface area contributed by atoms with E-state index in [0.29, 0.717) is 5.84 Å². The van der Waals surface area contributed by atoms with Crippen LogP contribution in [-0.2, 0) is 0 Å². The maximum atomic E-state index is 6.07. The van der Waals surface area contributed by atoms with Crippen LogP contribution in [0.5, 0.6) is 0 Å². The Bertz CT molecular complexity index is 1120. The van der Waals surface area contributed by atoms with Gasteiger partial charge < -0.3 is 4.42 Å². The van der Waals surface area contributed by atoms with E-state index in [1.165, 1.54) is 0 Å². The standard InChI is InChI=1S/C19H12N2O/c1-2-7-13(8-3-1)14-9-6-12-17-18(14)22-19-20-15-10-4-5-11-16(15)21(17)19/h1-12H. The van der Waals surface area contributed by atoms with Gasteiger partial charge in [0, 0.05) is 5.56 Å². The molecule has 104 valence electrons. The first-order valence-electron chi connectivity index (χ1n) is 7.26. The largest absolute Gasteiger partial charge is 0.422 e. The molecule has 5 aromatic rings. The summed E-state index contributed by atoms with van der Waals surface area (Å²) >= 11 is 0. The highest BCUT2D eigenvalue weighted by molar-refractivity contribution is 5.95. The molecule has 0 saturated heterocycles. The Hall–Kier alpha value is -3.07. The molecule has 0 aliphatic heterocycles. The Labute approximate surface area is 126 Å². The molecular weight excluding hydrogens is 272 g/mol. The van der Waals surface area contributed by atoms with Crippen LogP contribution in [0, 0.1) is 0 Å². The van der Waals surface area contributed by atoms with Gasteiger partial charge in [0.2, 0.25) is 0 Å². The molecule has 2 aromatic heterocycles. The average Bonchev–Trinajstić information content (AvgIpc) is 3.11. The lowest BCUT2D eigenvalue weighted by molar-refractivity contribution is 0.644. The Morgan fingerprint density at radius 3 is 2.41 bits per heavy atom. The molecule has 2 heterocycles. The highest BCUT2D eigenvalue weighted by atomic mass is 16.4. The molecule has 5 rings (SSSR count). The van der Waals surface area contributed by atoms with E-state index in [1.54, 1.807) is 0 Å². The van der Waals surface area contributed by atoms with Crippen LogP contribution < -0.4 is 0 Å². The Morgan fingerprint density at radius 1 is 0.727 bits per heavy atom. The van der Waals surface area contributed by atoms with Crippen molar-refractivity contribution < 1.29 is 4.42 Å². The summed E-state index contributed by atoms with van der Waals surface area (Å²) in [5.41, 5.74) is 6.18. The lowest BCUT2D eigenvalue weighted by Gasteiger charge is -2.01. The van der Waals surface area contributed by atoms with Gasteiger partial charge in [-0.25, -0.2) is 0 Å². The Balaban J connectivity index is 1.94. The number of imidazole rings is 1. The summed E-state index contributed by atoms with van der Waals surface area (Å²) in [6.45, 7) is 0. The third-order valence-corrected chi connectivity index (χ3v) is 4.04. The third kappa shape index (κ3) is 1.48. The number of rotatable bonds is 1. The fraction of sp³-hybridized carbons (Fsp3) is 0. The van der Waals surface area contributed by atoms with Gasteiger partial charge in [-0.1, -0.05) is 54.6 Å². The number of oxazole rings is 1. The smallest absolute Gasteiger partial charge is 0.307 e. The van der Waals surface area contributed by atoms with E-state index < -0.39 is 0 Å². The molecule has 0 spiro atoms. The minimum Gasteiger partial charge on any atom is -0.422 e. The first-order chi connectivity index (χ1) is 10.9. The minimum atomic E-state index is 0.639. The van der Waals surface area contributed by atoms with Gasteiger partial charge in [0.1, 0.15) is 0 Å². The van der Waals surface area contributed by atoms with Crippen LogP contribution in [0.3, 0.4) is 0 Å². The van der Waals surface area contributed by atoms with E-state index in [0.717, 1.165) is 33.3 Å². The second kappa shape index (κ2) is 4.21. The SMILES string of the molecule is c1ccc(-c2cccc3c2oc2nc4ccccc4n23)cc1. The van der Waals surface area contributed by atoms with Crippen LogP contribution in [0.25, 0.3) is 39.1 Å². The van der Waals surface area contributed by atoms with Gasteiger partial charge in [-0.15, -0.1) is 0 Å². The van der Waals surface area contributed by atoms with Crippen molar-refractivity contribution in [3.05, 3.63) is 72.8 Å². The number of hydrogen-bond acceptors (Lipinski definition) is 2. The zero-order valence-corrected chi connectivity index (χ0v) is 11.7. The molecule has 3 heteroatoms. The lowest BCUT2D eigenvalue weighted by atomic mass is 10.0. The lowest BCUT2D eigenvalue weighted by Crippen LogP contribution is -1.82. The second-order valence-electron chi connectivity index (χ2n) is 5.34. The van der Waals surface area contributed by atoms with Crippen LogP contribution >= 0.6 is 0 Å². The summed E-state index contributed by atoms with van der Waals surface area (Å²) in [6.07, 6.45) is 0. The summed E-state index contributed by atoms with van der Waals surface area (Å²) in [5.74, 6) is 0.639. The van der Waals surface area contributed by atoms with Gasteiger partial charge in [0.25, 0.3) is 0 Å². The molecule has 0 bridgehead atoms. The molecule has 0 saturated carbocycles. The van der Waals surface area contributed by atoms with Gasteiger partial charge in [0.15, 0.2) is 5.58 Å². The van der Waals surface area contributed by atoms with Crippen LogP contribution in [-0.4, -0.2) is 9.38 Å². The van der Waals surface area contributed by atoms with E-state index in [2.05, 4.69) is 45.8 Å². The summed E-state index contributed by atoms with van der Waals surface area (Å²) < 4.78 is 8.16. The number of hydrogen-bond donors (Lipinski definition) is 0. The molecule has 0 unspecified atom stereocenters. The minimum absolute atomic E-state index is 0.639. The van der Waals surface area contributed by atoms with Crippen molar-refractivity contribution in [2.45, 2.75) is 0 Å². The normalized spacial score (nSPS) is 11.6. The Kier molecular flexibility index (Phi) is 2.22. The molecular formula is C19H12N2O. The van der Waals surface area contributed by atoms with Crippen molar-refractivity contribution in [1.82, 2.24) is 9.38 Å². The molecule has 0 radical (unpaired) electrons. The monoisotopic (exact) mass is 284 g/mol. The molecule has 0 N–H and O–H groups in total. The molecule has 3 aromatic carbocycles. The van der Waals surface area contributed by atoms with Gasteiger partial charge in [-0.2, -0.15) is 4.98 Å². The van der Waals surface area contributed by atoms with Gasteiger partial charge in [-0.05, 0) is 23.8 Å². The maximum absolute atomic E-state index is 6.07. The van der Waals surface area contributed by atoms with E-state index in [4.69, 9.17) is 4.42 Å². The zero-order valence-electron chi connectivity index (χ0n) is 11.7. The topological polar surface area (TPSA) is 30.4 Å². The van der Waals surface area contributed by atoms with Crippen molar-refractivity contribution in [3.63, 3.8) is 0 Å². The third-order valence-electron chi connectivity index (χ3n) is 4.04. The second-order valence-corrected chi connectivity index (χ2v) is 5.34. The Morgan fingerprint density at radius 2 is 1.50 bits per heavy atom. The quantitative estimate of drug-likeness (QED) is 0.438. The van der Waals surface area contributed by atoms with Gasteiger partial charge in [-0.3, -0.25) is 4.40 Å². The van der Waals surface area contributed by atoms with E-state index in [9.17, 15) is 0 Å². The summed E-state index contributed by atoms with van der Waals surface area (Å²) in [6, 6.07) is 24.6. The van der Waals surface area contributed by atoms with Crippen molar-refractivity contribution in [2.24, 2.45) is 0 Å². The summed E-state index contributed by atoms with van der Waals surface area (Å²) in [5, 5.41) is 0. The van der Waals surface area contributed by atoms with E-state index in [-0.39, 0.29) is 0 Å². The van der Waals surface area contributed by atoms with Gasteiger partial charge in [0.05, 0.1) is 16.6 Å². The highest BCUT2D eigenvalue weighted by Gasteiger charge is 2.15. The summed E-state index contributed by atoms with van der Waals surface area (Å²) in [7, 11) is 0. The fourth-order valence-electron chi connectivity index (χ4n) is 3.05. The van der Waals surface area contributed by atoms with Crippen molar-refractivity contribution in [3.8, 4) is 11.1 Å². The van der Waals surface area contributed by atoms with Crippen molar-refractivity contribution >= 4 is 28.0 Å². The van der Waals surface area contributed by atoms with E-state index >= 15 is 0 Å². The van der Waals surface area contributed by atoms with Crippen LogP contribution in [0.15, 0.2) is 77.2 Å². The number of fused-ring (bicyclic) bond motifs is 5. The van der Waals surface area contributed by atoms with Crippen molar-refractivity contribution in [1.29, 1.82) is 0 Å². The predicted octanol–water partition coefficient (Wildman–Crippen LogP) is 4.90. The molecule has 22 heavy (non-hydrogen) atoms. The zero-order chi connectivity index (χ0) is 14.5. The highest BCUT2D eigenvalue weighted by Crippen LogP contribution is 2.32. The van der Waals surface area contributed by atoms with Crippen molar-refractivity contribution in [2.75, 3.05) is 0 Å². The van der Waals surface area contributed by atoms with E-state index in [1.807, 2.05) is 36.4 Å². The number of benzene rings is 3. The molecule has 0 atom stereocenters. The van der Waals surface area contributed by atoms with Crippen LogP contribution in [0.4, 0.5) is 0 Å². The number of aromatic nitrogens is 2. The molecule has 0 aliphatic rings. The summed E-state index contributed by atoms with van der Waals surface area (Å²) in [4.78, 5) is 4.58.